The molecule has 0 N–H and O–H groups in total. The highest BCUT2D eigenvalue weighted by Gasteiger charge is 2.28. The molecule has 8 aromatic rings. The van der Waals surface area contributed by atoms with Crippen molar-refractivity contribution < 1.29 is 16.8 Å². The molecule has 0 aliphatic rings. The van der Waals surface area contributed by atoms with Crippen molar-refractivity contribution >= 4 is 87.2 Å². The molecule has 0 saturated carbocycles. The van der Waals surface area contributed by atoms with E-state index in [1.165, 1.54) is 31.3 Å². The first-order valence-electron chi connectivity index (χ1n) is 16.2. The monoisotopic (exact) mass is 836 g/mol. The minimum Gasteiger partial charge on any atom is -0.266 e. The van der Waals surface area contributed by atoms with Gasteiger partial charge in [-0.2, -0.15) is 19.2 Å². The van der Waals surface area contributed by atoms with E-state index in [0.29, 0.717) is 53.0 Å². The molecule has 54 heavy (non-hydrogen) atoms. The topological polar surface area (TPSA) is 161 Å². The minimum absolute atomic E-state index is 0.0552. The fourth-order valence-corrected chi connectivity index (χ4v) is 10.6. The average molecular weight is 838 g/mol. The van der Waals surface area contributed by atoms with Crippen molar-refractivity contribution in [1.29, 1.82) is 0 Å². The van der Waals surface area contributed by atoms with Crippen LogP contribution in [0.15, 0.2) is 119 Å². The molecule has 0 bridgehead atoms. The van der Waals surface area contributed by atoms with Gasteiger partial charge in [-0.1, -0.05) is 82.3 Å². The van der Waals surface area contributed by atoms with Gasteiger partial charge in [0.25, 0.3) is 20.0 Å². The number of rotatable bonds is 13. The van der Waals surface area contributed by atoms with E-state index in [0.717, 1.165) is 0 Å². The van der Waals surface area contributed by atoms with Gasteiger partial charge >= 0.3 is 0 Å². The maximum Gasteiger partial charge on any atom is 0.264 e. The van der Waals surface area contributed by atoms with E-state index < -0.39 is 20.0 Å². The van der Waals surface area contributed by atoms with Crippen LogP contribution in [0, 0.1) is 0 Å². The molecular weight excluding hydrogens is 812 g/mol. The summed E-state index contributed by atoms with van der Waals surface area (Å²) in [6.45, 7) is 0.110. The molecule has 0 spiro atoms. The fourth-order valence-electron chi connectivity index (χ4n) is 5.63. The molecule has 8 rings (SSSR count). The van der Waals surface area contributed by atoms with Gasteiger partial charge in [-0.15, -0.1) is 20.4 Å². The Morgan fingerprint density at radius 3 is 1.26 bits per heavy atom. The maximum atomic E-state index is 13.8. The summed E-state index contributed by atoms with van der Waals surface area (Å²) in [7, 11) is -7.85. The third-order valence-electron chi connectivity index (χ3n) is 8.26. The molecule has 0 aliphatic heterocycles. The minimum atomic E-state index is -3.92. The highest BCUT2D eigenvalue weighted by Crippen LogP contribution is 2.31. The van der Waals surface area contributed by atoms with Crippen LogP contribution in [0.1, 0.15) is 11.6 Å². The van der Waals surface area contributed by atoms with Crippen LogP contribution in [0.3, 0.4) is 0 Å². The molecule has 4 heterocycles. The second-order valence-corrected chi connectivity index (χ2v) is 18.2. The molecule has 4 aromatic heterocycles. The molecule has 14 nitrogen and oxygen atoms in total. The molecule has 0 unspecified atom stereocenters. The van der Waals surface area contributed by atoms with Gasteiger partial charge < -0.3 is 0 Å². The Bertz CT molecular complexity index is 2600. The summed E-state index contributed by atoms with van der Waals surface area (Å²) in [5.41, 5.74) is 0.903. The van der Waals surface area contributed by atoms with Crippen molar-refractivity contribution in [2.24, 2.45) is 0 Å². The van der Waals surface area contributed by atoms with E-state index in [-0.39, 0.29) is 35.7 Å². The number of hydrogen-bond acceptors (Lipinski definition) is 12. The molecule has 0 atom stereocenters. The summed E-state index contributed by atoms with van der Waals surface area (Å²) in [5.74, 6) is 0.917. The number of hydrogen-bond donors (Lipinski definition) is 0. The highest BCUT2D eigenvalue weighted by molar-refractivity contribution is 7.93. The van der Waals surface area contributed by atoms with Gasteiger partial charge in [-0.3, -0.25) is 8.61 Å². The normalized spacial score (nSPS) is 12.1. The summed E-state index contributed by atoms with van der Waals surface area (Å²) in [5, 5.41) is 28.7. The summed E-state index contributed by atoms with van der Waals surface area (Å²) < 4.78 is 60.9. The Morgan fingerprint density at radius 2 is 0.889 bits per heavy atom. The fraction of sp³-hybridized carbons (Fsp3) is 0.118. The van der Waals surface area contributed by atoms with Gasteiger partial charge in [0.05, 0.1) is 21.2 Å². The lowest BCUT2D eigenvalue weighted by Gasteiger charge is -2.24. The summed E-state index contributed by atoms with van der Waals surface area (Å²) >= 11 is 14.7. The Labute approximate surface area is 327 Å². The van der Waals surface area contributed by atoms with Crippen molar-refractivity contribution in [3.05, 3.63) is 131 Å². The number of anilines is 2. The lowest BCUT2D eigenvalue weighted by atomic mass is 10.3. The quantitative estimate of drug-likeness (QED) is 0.125. The largest absolute Gasteiger partial charge is 0.266 e. The van der Waals surface area contributed by atoms with E-state index in [1.54, 1.807) is 118 Å². The zero-order valence-corrected chi connectivity index (χ0v) is 32.5. The van der Waals surface area contributed by atoms with E-state index in [1.807, 2.05) is 0 Å². The molecule has 4 aromatic carbocycles. The van der Waals surface area contributed by atoms with Crippen LogP contribution < -0.4 is 8.61 Å². The maximum absolute atomic E-state index is 13.8. The van der Waals surface area contributed by atoms with Crippen LogP contribution in [0.4, 0.5) is 11.4 Å². The van der Waals surface area contributed by atoms with Gasteiger partial charge in [-0.05, 0) is 72.8 Å². The number of aromatic nitrogens is 8. The zero-order valence-electron chi connectivity index (χ0n) is 27.7. The molecule has 0 fully saturated rings. The van der Waals surface area contributed by atoms with Crippen molar-refractivity contribution in [2.45, 2.75) is 22.6 Å². The third-order valence-corrected chi connectivity index (χ3v) is 14.4. The molecule has 274 valence electrons. The number of sulfonamides is 2. The Balaban J connectivity index is 1.04. The van der Waals surface area contributed by atoms with Gasteiger partial charge in [0.2, 0.25) is 9.92 Å². The van der Waals surface area contributed by atoms with Crippen LogP contribution in [0.5, 0.6) is 0 Å². The Kier molecular flexibility index (Phi) is 9.80. The summed E-state index contributed by atoms with van der Waals surface area (Å²) in [6, 6.07) is 29.6. The van der Waals surface area contributed by atoms with E-state index in [9.17, 15) is 16.8 Å². The zero-order chi connectivity index (χ0) is 37.5. The molecule has 0 saturated heterocycles. The van der Waals surface area contributed by atoms with Crippen molar-refractivity contribution in [1.82, 2.24) is 39.6 Å². The first-order chi connectivity index (χ1) is 26.1. The summed E-state index contributed by atoms with van der Waals surface area (Å²) in [6.07, 6.45) is 0.397. The standard InChI is InChI=1S/C34H26Cl2N10O4S4/c35-23-11-15-25(16-12-23)43(53(47,48)27-7-3-1-4-8-27)21-19-29-37-39-33-45(29)41-31(51-33)32-42-46-30(38-40-34(46)52-32)20-22-44(26-17-13-24(36)14-18-26)54(49,50)28-9-5-2-6-10-28/h1-18H,19-22H2. The van der Waals surface area contributed by atoms with Crippen LogP contribution in [0.2, 0.25) is 10.0 Å². The van der Waals surface area contributed by atoms with Gasteiger partial charge in [-0.25, -0.2) is 16.8 Å². The number of fused-ring (bicyclic) bond motifs is 2. The second kappa shape index (κ2) is 14.7. The van der Waals surface area contributed by atoms with Gasteiger partial charge in [0.1, 0.15) is 0 Å². The highest BCUT2D eigenvalue weighted by atomic mass is 35.5. The Hall–Kier alpha value is -4.98. The van der Waals surface area contributed by atoms with Gasteiger partial charge in [0, 0.05) is 36.0 Å². The van der Waals surface area contributed by atoms with Crippen LogP contribution >= 0.6 is 45.9 Å². The van der Waals surface area contributed by atoms with Crippen molar-refractivity contribution in [3.8, 4) is 10.0 Å². The van der Waals surface area contributed by atoms with E-state index in [2.05, 4.69) is 20.4 Å². The Morgan fingerprint density at radius 1 is 0.519 bits per heavy atom. The smallest absolute Gasteiger partial charge is 0.264 e. The molecule has 0 aliphatic carbocycles. The molecule has 0 amide bonds. The average Bonchev–Trinajstić information content (AvgIpc) is 3.97. The first-order valence-corrected chi connectivity index (χ1v) is 21.4. The van der Waals surface area contributed by atoms with Crippen LogP contribution in [-0.2, 0) is 32.9 Å². The van der Waals surface area contributed by atoms with E-state index >= 15 is 0 Å². The SMILES string of the molecule is O=S(=O)(c1ccccc1)N(CCc1nnc2sc(-c3nn4c(CCN(c5ccc(Cl)cc5)S(=O)(=O)c5ccccc5)nnc4s3)nn12)c1ccc(Cl)cc1. The predicted octanol–water partition coefficient (Wildman–Crippen LogP) is 6.53. The number of benzene rings is 4. The van der Waals surface area contributed by atoms with E-state index in [4.69, 9.17) is 33.4 Å². The number of nitrogens with zero attached hydrogens (tertiary/aromatic N) is 10. The van der Waals surface area contributed by atoms with Crippen LogP contribution in [-0.4, -0.2) is 69.5 Å². The number of halogens is 2. The van der Waals surface area contributed by atoms with Crippen molar-refractivity contribution in [3.63, 3.8) is 0 Å². The van der Waals surface area contributed by atoms with Gasteiger partial charge in [0.15, 0.2) is 21.7 Å². The van der Waals surface area contributed by atoms with Crippen molar-refractivity contribution in [2.75, 3.05) is 21.7 Å². The molecular formula is C34H26Cl2N10O4S4. The molecule has 20 heteroatoms. The summed E-state index contributed by atoms with van der Waals surface area (Å²) in [4.78, 5) is 1.31. The lowest BCUT2D eigenvalue weighted by molar-refractivity contribution is 0.588. The first kappa shape index (κ1) is 36.0. The second-order valence-electron chi connectivity index (χ2n) is 11.7. The molecule has 0 radical (unpaired) electrons. The predicted molar refractivity (Wildman–Crippen MR) is 209 cm³/mol. The lowest BCUT2D eigenvalue weighted by Crippen LogP contribution is -2.33. The third kappa shape index (κ3) is 7.03. The van der Waals surface area contributed by atoms with Crippen LogP contribution in [0.25, 0.3) is 19.9 Å².